The van der Waals surface area contributed by atoms with E-state index in [-0.39, 0.29) is 12.1 Å². The largest absolute Gasteiger partial charge is 0.477 e. The number of para-hydroxylation sites is 1. The number of benzene rings is 4. The van der Waals surface area contributed by atoms with Gasteiger partial charge in [0.2, 0.25) is 0 Å². The van der Waals surface area contributed by atoms with Crippen LogP contribution in [0.1, 0.15) is 59.5 Å². The summed E-state index contributed by atoms with van der Waals surface area (Å²) in [7, 11) is 0.194. The Morgan fingerprint density at radius 3 is 2.18 bits per heavy atom. The highest BCUT2D eigenvalue weighted by Crippen LogP contribution is 2.34. The average Bonchev–Trinajstić information content (AvgIpc) is 3.13. The summed E-state index contributed by atoms with van der Waals surface area (Å²) in [6.07, 6.45) is 5.90. The predicted molar refractivity (Wildman–Crippen MR) is 187 cm³/mol. The van der Waals surface area contributed by atoms with E-state index in [4.69, 9.17) is 5.11 Å². The van der Waals surface area contributed by atoms with E-state index in [1.54, 1.807) is 52.7 Å². The fraction of sp³-hybridized carbons (Fsp3) is 0.270. The lowest BCUT2D eigenvalue weighted by atomic mass is 9.84. The van der Waals surface area contributed by atoms with Crippen LogP contribution in [0.3, 0.4) is 0 Å². The van der Waals surface area contributed by atoms with Crippen molar-refractivity contribution in [3.8, 4) is 0 Å². The molecule has 0 spiro atoms. The molecule has 1 fully saturated rings. The zero-order chi connectivity index (χ0) is 35.0. The van der Waals surface area contributed by atoms with Gasteiger partial charge < -0.3 is 15.7 Å². The first-order chi connectivity index (χ1) is 23.5. The van der Waals surface area contributed by atoms with Gasteiger partial charge in [0, 0.05) is 29.7 Å². The number of carbonyl (C=O) groups excluding carboxylic acids is 2. The first kappa shape index (κ1) is 35.2. The molecule has 3 N–H and O–H groups in total. The number of carbonyl (C=O) groups is 3. The number of alkyl halides is 2. The van der Waals surface area contributed by atoms with Gasteiger partial charge >= 0.3 is 17.9 Å². The van der Waals surface area contributed by atoms with E-state index in [0.29, 0.717) is 27.8 Å². The summed E-state index contributed by atoms with van der Waals surface area (Å²) in [5.41, 5.74) is 3.80. The molecule has 1 saturated carbocycles. The van der Waals surface area contributed by atoms with E-state index in [1.165, 1.54) is 37.0 Å². The Kier molecular flexibility index (Phi) is 11.4. The second-order valence-electron chi connectivity index (χ2n) is 11.9. The minimum Gasteiger partial charge on any atom is -0.477 e. The monoisotopic (exact) mass is 688 g/mol. The number of aliphatic carboxylic acids is 1. The molecular formula is C37H38F2N4O5S. The van der Waals surface area contributed by atoms with Crippen molar-refractivity contribution in [2.75, 3.05) is 28.1 Å². The smallest absolute Gasteiger partial charge is 0.376 e. The van der Waals surface area contributed by atoms with Crippen LogP contribution in [0.15, 0.2) is 108 Å². The van der Waals surface area contributed by atoms with Gasteiger partial charge in [-0.05, 0) is 84.5 Å². The van der Waals surface area contributed by atoms with Crippen molar-refractivity contribution in [2.45, 2.75) is 55.4 Å². The first-order valence-electron chi connectivity index (χ1n) is 16.0. The summed E-state index contributed by atoms with van der Waals surface area (Å²) in [4.78, 5) is 39.0. The number of carboxylic acid groups (broad SMARTS) is 1. The molecule has 4 aromatic rings. The van der Waals surface area contributed by atoms with E-state index < -0.39 is 41.4 Å². The third-order valence-electron chi connectivity index (χ3n) is 8.52. The number of rotatable bonds is 12. The molecule has 1 unspecified atom stereocenters. The molecule has 0 bridgehead atoms. The first-order valence-corrected chi connectivity index (χ1v) is 17.1. The third-order valence-corrected chi connectivity index (χ3v) is 9.89. The van der Waals surface area contributed by atoms with Crippen LogP contribution in [0.5, 0.6) is 0 Å². The molecule has 0 heterocycles. The summed E-state index contributed by atoms with van der Waals surface area (Å²) in [5, 5.41) is 13.5. The molecule has 49 heavy (non-hydrogen) atoms. The number of amides is 3. The van der Waals surface area contributed by atoms with Crippen LogP contribution >= 0.6 is 0 Å². The zero-order valence-corrected chi connectivity index (χ0v) is 27.8. The lowest BCUT2D eigenvalue weighted by Gasteiger charge is -2.26. The van der Waals surface area contributed by atoms with Crippen molar-refractivity contribution in [3.05, 3.63) is 120 Å². The number of anilines is 3. The van der Waals surface area contributed by atoms with Crippen LogP contribution in [0.2, 0.25) is 0 Å². The van der Waals surface area contributed by atoms with E-state index in [2.05, 4.69) is 17.4 Å². The van der Waals surface area contributed by atoms with Gasteiger partial charge in [-0.25, -0.2) is 13.8 Å². The maximum atomic E-state index is 13.9. The summed E-state index contributed by atoms with van der Waals surface area (Å²) in [5.74, 6) is -6.79. The second kappa shape index (κ2) is 15.9. The number of nitrogens with zero attached hydrogens (tertiary/aromatic N) is 2. The van der Waals surface area contributed by atoms with E-state index >= 15 is 0 Å². The van der Waals surface area contributed by atoms with E-state index in [0.717, 1.165) is 18.5 Å². The van der Waals surface area contributed by atoms with Gasteiger partial charge in [0.1, 0.15) is 0 Å². The Morgan fingerprint density at radius 2 is 1.53 bits per heavy atom. The molecule has 1 atom stereocenters. The fourth-order valence-electron chi connectivity index (χ4n) is 5.72. The molecule has 0 saturated heterocycles. The Morgan fingerprint density at radius 1 is 0.857 bits per heavy atom. The minimum atomic E-state index is -4.09. The van der Waals surface area contributed by atoms with Crippen molar-refractivity contribution in [1.29, 1.82) is 0 Å². The molecular weight excluding hydrogens is 650 g/mol. The van der Waals surface area contributed by atoms with Crippen molar-refractivity contribution in [3.63, 3.8) is 0 Å². The summed E-state index contributed by atoms with van der Waals surface area (Å²) >= 11 is 0. The van der Waals surface area contributed by atoms with Crippen LogP contribution in [0.4, 0.5) is 30.6 Å². The van der Waals surface area contributed by atoms with Crippen LogP contribution in [-0.4, -0.2) is 46.7 Å². The Bertz CT molecular complexity index is 1780. The van der Waals surface area contributed by atoms with Crippen molar-refractivity contribution < 1.29 is 32.5 Å². The van der Waals surface area contributed by atoms with E-state index in [1.807, 2.05) is 47.8 Å². The van der Waals surface area contributed by atoms with Gasteiger partial charge in [0.25, 0.3) is 5.91 Å². The molecule has 3 amide bonds. The highest BCUT2D eigenvalue weighted by Gasteiger charge is 2.39. The number of nitrogens with one attached hydrogen (secondary N) is 2. The highest BCUT2D eigenvalue weighted by atomic mass is 32.2. The van der Waals surface area contributed by atoms with Crippen LogP contribution < -0.4 is 19.8 Å². The number of halogens is 2. The molecule has 5 rings (SSSR count). The van der Waals surface area contributed by atoms with Crippen LogP contribution in [-0.2, 0) is 22.3 Å². The minimum absolute atomic E-state index is 0.0584. The van der Waals surface area contributed by atoms with Crippen LogP contribution in [0, 0.1) is 0 Å². The number of carboxylic acids is 1. The normalized spacial score (nSPS) is 14.0. The molecule has 1 aliphatic carbocycles. The van der Waals surface area contributed by atoms with Gasteiger partial charge in [0.05, 0.1) is 18.0 Å². The number of hydrogen-bond acceptors (Lipinski definition) is 4. The topological polar surface area (TPSA) is 119 Å². The maximum Gasteiger partial charge on any atom is 0.376 e. The van der Waals surface area contributed by atoms with Crippen LogP contribution in [0.25, 0.3) is 0 Å². The lowest BCUT2D eigenvalue weighted by molar-refractivity contribution is -0.163. The van der Waals surface area contributed by atoms with Gasteiger partial charge in [-0.3, -0.25) is 14.0 Å². The molecule has 1 aliphatic rings. The molecule has 9 nitrogen and oxygen atoms in total. The van der Waals surface area contributed by atoms with E-state index in [9.17, 15) is 27.4 Å². The SMILES string of the molecule is CN(c1ccccc1)S(=O)c1cccc(NC(=O)N(Cc2ccc(C(=O)NCC(F)(F)C(=O)O)cc2)c2ccc(C3CCCCC3)cc2)c1. The fourth-order valence-corrected chi connectivity index (χ4v) is 6.77. The van der Waals surface area contributed by atoms with Gasteiger partial charge in [-0.2, -0.15) is 8.78 Å². The Hall–Kier alpha value is -5.10. The standard InChI is InChI=1S/C37H38F2N4O5S/c1-42(31-12-6-3-7-13-31)49(48)33-14-8-11-30(23-33)41-36(47)43(32-21-19-28(20-22-32)27-9-4-2-5-10-27)24-26-15-17-29(18-16-26)34(44)40-25-37(38,39)35(45)46/h3,6-8,11-23,27H,2,4-5,9-10,24-25H2,1H3,(H,40,44)(H,41,47)(H,45,46). The number of hydrogen-bond donors (Lipinski definition) is 3. The molecule has 4 aromatic carbocycles. The molecule has 12 heteroatoms. The van der Waals surface area contributed by atoms with Crippen molar-refractivity contribution in [2.24, 2.45) is 0 Å². The Labute approximate surface area is 286 Å². The zero-order valence-electron chi connectivity index (χ0n) is 27.0. The molecule has 256 valence electrons. The summed E-state index contributed by atoms with van der Waals surface area (Å²) in [6.45, 7) is -1.24. The molecule has 0 aromatic heterocycles. The summed E-state index contributed by atoms with van der Waals surface area (Å²) < 4.78 is 41.9. The molecule has 0 radical (unpaired) electrons. The van der Waals surface area contributed by atoms with Gasteiger partial charge in [0.15, 0.2) is 11.0 Å². The highest BCUT2D eigenvalue weighted by molar-refractivity contribution is 7.86. The maximum absolute atomic E-state index is 13.9. The predicted octanol–water partition coefficient (Wildman–Crippen LogP) is 7.58. The average molecular weight is 689 g/mol. The quantitative estimate of drug-likeness (QED) is 0.142. The van der Waals surface area contributed by atoms with Crippen molar-refractivity contribution >= 4 is 46.0 Å². The second-order valence-corrected chi connectivity index (χ2v) is 13.5. The lowest BCUT2D eigenvalue weighted by Crippen LogP contribution is -2.42. The Balaban J connectivity index is 1.34. The molecule has 0 aliphatic heterocycles. The summed E-state index contributed by atoms with van der Waals surface area (Å²) in [6, 6.07) is 29.7. The van der Waals surface area contributed by atoms with Gasteiger partial charge in [-0.15, -0.1) is 0 Å². The van der Waals surface area contributed by atoms with Crippen molar-refractivity contribution in [1.82, 2.24) is 5.32 Å². The third kappa shape index (κ3) is 9.08. The number of urea groups is 1. The van der Waals surface area contributed by atoms with Gasteiger partial charge in [-0.1, -0.05) is 67.8 Å².